The van der Waals surface area contributed by atoms with Gasteiger partial charge in [0, 0.05) is 18.9 Å². The maximum absolute atomic E-state index is 12.4. The summed E-state index contributed by atoms with van der Waals surface area (Å²) in [6.07, 6.45) is 1.94. The Labute approximate surface area is 149 Å². The first-order chi connectivity index (χ1) is 12.1. The van der Waals surface area contributed by atoms with Crippen LogP contribution in [0.2, 0.25) is 0 Å². The molecular weight excluding hydrogens is 340 g/mol. The van der Waals surface area contributed by atoms with Crippen LogP contribution in [0.25, 0.3) is 0 Å². The maximum Gasteiger partial charge on any atom is 0.267 e. The summed E-state index contributed by atoms with van der Waals surface area (Å²) >= 11 is 1.43. The van der Waals surface area contributed by atoms with E-state index in [0.717, 1.165) is 17.8 Å². The first-order valence-electron chi connectivity index (χ1n) is 8.32. The van der Waals surface area contributed by atoms with Crippen LogP contribution in [0.1, 0.15) is 37.1 Å². The summed E-state index contributed by atoms with van der Waals surface area (Å²) in [5, 5.41) is 12.4. The number of amides is 2. The zero-order chi connectivity index (χ0) is 17.4. The van der Waals surface area contributed by atoms with E-state index in [1.807, 2.05) is 24.3 Å². The highest BCUT2D eigenvalue weighted by Crippen LogP contribution is 2.42. The maximum atomic E-state index is 12.4. The quantitative estimate of drug-likeness (QED) is 0.888. The van der Waals surface area contributed by atoms with Crippen LogP contribution in [-0.2, 0) is 9.59 Å². The Morgan fingerprint density at radius 1 is 1.36 bits per heavy atom. The molecule has 1 aliphatic heterocycles. The second kappa shape index (κ2) is 6.44. The summed E-state index contributed by atoms with van der Waals surface area (Å²) in [7, 11) is 0. The molecule has 2 aromatic rings. The Bertz CT molecular complexity index is 818. The number of ether oxygens (including phenoxy) is 1. The number of aromatic nitrogens is 2. The van der Waals surface area contributed by atoms with Gasteiger partial charge >= 0.3 is 0 Å². The predicted molar refractivity (Wildman–Crippen MR) is 94.0 cm³/mol. The number of nitrogens with one attached hydrogen (secondary N) is 1. The molecule has 1 atom stereocenters. The van der Waals surface area contributed by atoms with Crippen LogP contribution < -0.4 is 15.0 Å². The summed E-state index contributed by atoms with van der Waals surface area (Å²) in [6.45, 7) is 2.01. The lowest BCUT2D eigenvalue weighted by Gasteiger charge is -2.32. The lowest BCUT2D eigenvalue weighted by Crippen LogP contribution is -2.45. The summed E-state index contributed by atoms with van der Waals surface area (Å²) in [6, 6.07) is 7.36. The monoisotopic (exact) mass is 358 g/mol. The number of carbonyl (C=O) groups excluding carboxylic acids is 2. The molecule has 2 heterocycles. The molecule has 0 bridgehead atoms. The van der Waals surface area contributed by atoms with Crippen molar-refractivity contribution in [1.82, 2.24) is 10.2 Å². The third-order valence-corrected chi connectivity index (χ3v) is 5.25. The number of hydrogen-bond acceptors (Lipinski definition) is 6. The fourth-order valence-corrected chi connectivity index (χ4v) is 3.69. The highest BCUT2D eigenvalue weighted by atomic mass is 32.1. The van der Waals surface area contributed by atoms with Gasteiger partial charge < -0.3 is 15.0 Å². The third-order valence-electron chi connectivity index (χ3n) is 4.25. The molecule has 1 unspecified atom stereocenters. The van der Waals surface area contributed by atoms with E-state index in [-0.39, 0.29) is 18.2 Å². The van der Waals surface area contributed by atoms with Gasteiger partial charge in [-0.25, -0.2) is 0 Å². The summed E-state index contributed by atoms with van der Waals surface area (Å²) < 4.78 is 5.60. The Morgan fingerprint density at radius 2 is 2.16 bits per heavy atom. The molecule has 0 radical (unpaired) electrons. The number of nitrogens with zero attached hydrogens (tertiary/aromatic N) is 3. The second-order valence-electron chi connectivity index (χ2n) is 6.24. The molecule has 1 aromatic carbocycles. The fourth-order valence-electron chi connectivity index (χ4n) is 2.76. The summed E-state index contributed by atoms with van der Waals surface area (Å²) in [5.41, 5.74) is 0.699. The lowest BCUT2D eigenvalue weighted by atomic mass is 10.1. The molecule has 25 heavy (non-hydrogen) atoms. The average molecular weight is 358 g/mol. The highest BCUT2D eigenvalue weighted by Gasteiger charge is 2.31. The molecule has 0 saturated heterocycles. The van der Waals surface area contributed by atoms with Gasteiger partial charge in [0.05, 0.1) is 5.69 Å². The molecule has 1 saturated carbocycles. The van der Waals surface area contributed by atoms with E-state index in [2.05, 4.69) is 15.5 Å². The van der Waals surface area contributed by atoms with Crippen LogP contribution >= 0.6 is 11.3 Å². The predicted octanol–water partition coefficient (Wildman–Crippen LogP) is 2.56. The van der Waals surface area contributed by atoms with Crippen molar-refractivity contribution in [2.75, 3.05) is 16.8 Å². The Hall–Kier alpha value is -2.48. The zero-order valence-corrected chi connectivity index (χ0v) is 14.6. The smallest absolute Gasteiger partial charge is 0.267 e. The number of carbonyl (C=O) groups is 2. The molecule has 0 spiro atoms. The molecule has 1 fully saturated rings. The van der Waals surface area contributed by atoms with Crippen molar-refractivity contribution in [1.29, 1.82) is 0 Å². The van der Waals surface area contributed by atoms with Crippen LogP contribution in [0, 0.1) is 0 Å². The van der Waals surface area contributed by atoms with Crippen molar-refractivity contribution in [3.63, 3.8) is 0 Å². The van der Waals surface area contributed by atoms with Crippen LogP contribution in [0.15, 0.2) is 24.3 Å². The van der Waals surface area contributed by atoms with Gasteiger partial charge in [0.1, 0.15) is 10.8 Å². The molecule has 4 rings (SSSR count). The molecule has 130 valence electrons. The van der Waals surface area contributed by atoms with Crippen molar-refractivity contribution in [2.45, 2.75) is 38.2 Å². The van der Waals surface area contributed by atoms with Gasteiger partial charge in [-0.3, -0.25) is 9.59 Å². The van der Waals surface area contributed by atoms with Crippen LogP contribution in [-0.4, -0.2) is 34.7 Å². The van der Waals surface area contributed by atoms with Gasteiger partial charge in [0.15, 0.2) is 6.10 Å². The lowest BCUT2D eigenvalue weighted by molar-refractivity contribution is -0.125. The van der Waals surface area contributed by atoms with E-state index < -0.39 is 6.10 Å². The SMILES string of the molecule is CC1Oc2ccccc2N(CCC(=O)Nc2nnc(C3CC3)s2)C1=O. The standard InChI is InChI=1S/C17H18N4O3S/c1-10-16(23)21(12-4-2-3-5-13(12)24-10)9-8-14(22)18-17-20-19-15(25-17)11-6-7-11/h2-5,10-11H,6-9H2,1H3,(H,18,20,22). The largest absolute Gasteiger partial charge is 0.479 e. The van der Waals surface area contributed by atoms with Crippen molar-refractivity contribution in [2.24, 2.45) is 0 Å². The minimum atomic E-state index is -0.553. The van der Waals surface area contributed by atoms with Gasteiger partial charge in [0.2, 0.25) is 11.0 Å². The molecule has 1 aliphatic carbocycles. The van der Waals surface area contributed by atoms with Crippen LogP contribution in [0.4, 0.5) is 10.8 Å². The number of fused-ring (bicyclic) bond motifs is 1. The van der Waals surface area contributed by atoms with E-state index >= 15 is 0 Å². The van der Waals surface area contributed by atoms with Gasteiger partial charge in [-0.05, 0) is 31.9 Å². The molecule has 2 aliphatic rings. The van der Waals surface area contributed by atoms with E-state index in [1.165, 1.54) is 11.3 Å². The molecule has 1 aromatic heterocycles. The minimum absolute atomic E-state index is 0.140. The average Bonchev–Trinajstić information content (AvgIpc) is 3.35. The molecule has 2 amide bonds. The summed E-state index contributed by atoms with van der Waals surface area (Å²) in [4.78, 5) is 26.2. The Balaban J connectivity index is 1.39. The molecule has 1 N–H and O–H groups in total. The van der Waals surface area contributed by atoms with Gasteiger partial charge in [-0.15, -0.1) is 10.2 Å². The van der Waals surface area contributed by atoms with Gasteiger partial charge in [-0.1, -0.05) is 23.5 Å². The van der Waals surface area contributed by atoms with Crippen molar-refractivity contribution in [3.8, 4) is 5.75 Å². The van der Waals surface area contributed by atoms with Crippen molar-refractivity contribution < 1.29 is 14.3 Å². The first kappa shape index (κ1) is 16.0. The number of rotatable bonds is 5. The Kier molecular flexibility index (Phi) is 4.12. The molecular formula is C17H18N4O3S. The third kappa shape index (κ3) is 3.34. The van der Waals surface area contributed by atoms with Crippen LogP contribution in [0.3, 0.4) is 0 Å². The zero-order valence-electron chi connectivity index (χ0n) is 13.8. The molecule has 8 heteroatoms. The number of anilines is 2. The number of para-hydroxylation sites is 2. The number of hydrogen-bond donors (Lipinski definition) is 1. The normalized spacial score (nSPS) is 19.3. The fraction of sp³-hybridized carbons (Fsp3) is 0.412. The van der Waals surface area contributed by atoms with E-state index in [9.17, 15) is 9.59 Å². The highest BCUT2D eigenvalue weighted by molar-refractivity contribution is 7.15. The minimum Gasteiger partial charge on any atom is -0.479 e. The number of benzene rings is 1. The molecule has 7 nitrogen and oxygen atoms in total. The second-order valence-corrected chi connectivity index (χ2v) is 7.24. The van der Waals surface area contributed by atoms with Crippen LogP contribution in [0.5, 0.6) is 5.75 Å². The van der Waals surface area contributed by atoms with E-state index in [1.54, 1.807) is 11.8 Å². The topological polar surface area (TPSA) is 84.4 Å². The van der Waals surface area contributed by atoms with Crippen molar-refractivity contribution >= 4 is 34.0 Å². The summed E-state index contributed by atoms with van der Waals surface area (Å²) in [5.74, 6) is 0.863. The van der Waals surface area contributed by atoms with E-state index in [0.29, 0.717) is 29.0 Å². The van der Waals surface area contributed by atoms with Gasteiger partial charge in [-0.2, -0.15) is 0 Å². The Morgan fingerprint density at radius 3 is 2.96 bits per heavy atom. The first-order valence-corrected chi connectivity index (χ1v) is 9.14. The van der Waals surface area contributed by atoms with Crippen molar-refractivity contribution in [3.05, 3.63) is 29.3 Å². The van der Waals surface area contributed by atoms with E-state index in [4.69, 9.17) is 4.74 Å². The van der Waals surface area contributed by atoms with Gasteiger partial charge in [0.25, 0.3) is 5.91 Å².